The van der Waals surface area contributed by atoms with Gasteiger partial charge in [-0.3, -0.25) is 14.5 Å². The van der Waals surface area contributed by atoms with Gasteiger partial charge in [0.2, 0.25) is 5.91 Å². The van der Waals surface area contributed by atoms with Gasteiger partial charge in [-0.25, -0.2) is 0 Å². The number of nitrogens with zero attached hydrogens (tertiary/aromatic N) is 2. The highest BCUT2D eigenvalue weighted by atomic mass is 16.5. The third kappa shape index (κ3) is 3.06. The van der Waals surface area contributed by atoms with E-state index in [1.54, 1.807) is 4.90 Å². The van der Waals surface area contributed by atoms with Gasteiger partial charge >= 0.3 is 5.97 Å². The van der Waals surface area contributed by atoms with E-state index in [1.807, 2.05) is 4.90 Å². The SMILES string of the molecule is O=C(O)[C@@H]1C[C@@H]2CCCC[C@H]2N1CC(=O)N1CCOCC1. The van der Waals surface area contributed by atoms with Gasteiger partial charge in [-0.2, -0.15) is 0 Å². The number of likely N-dealkylation sites (tertiary alicyclic amines) is 1. The Bertz CT molecular complexity index is 408. The number of carboxylic acids is 1. The van der Waals surface area contributed by atoms with Crippen molar-refractivity contribution in [2.45, 2.75) is 44.2 Å². The van der Waals surface area contributed by atoms with Gasteiger partial charge in [-0.15, -0.1) is 0 Å². The zero-order valence-electron chi connectivity index (χ0n) is 12.4. The third-order valence-corrected chi connectivity index (χ3v) is 5.19. The molecule has 1 N–H and O–H groups in total. The topological polar surface area (TPSA) is 70.1 Å². The van der Waals surface area contributed by atoms with Gasteiger partial charge in [0.1, 0.15) is 6.04 Å². The minimum absolute atomic E-state index is 0.0516. The van der Waals surface area contributed by atoms with Crippen molar-refractivity contribution in [1.29, 1.82) is 0 Å². The van der Waals surface area contributed by atoms with Crippen LogP contribution in [0.2, 0.25) is 0 Å². The van der Waals surface area contributed by atoms with E-state index in [4.69, 9.17) is 4.74 Å². The van der Waals surface area contributed by atoms with Gasteiger partial charge < -0.3 is 14.7 Å². The van der Waals surface area contributed by atoms with E-state index in [-0.39, 0.29) is 18.5 Å². The molecular weight excluding hydrogens is 272 g/mol. The lowest BCUT2D eigenvalue weighted by atomic mass is 9.85. The third-order valence-electron chi connectivity index (χ3n) is 5.19. The number of carbonyl (C=O) groups is 2. The number of carboxylic acid groups (broad SMARTS) is 1. The molecule has 1 amide bonds. The summed E-state index contributed by atoms with van der Waals surface area (Å²) < 4.78 is 5.26. The Morgan fingerprint density at radius 2 is 1.86 bits per heavy atom. The molecule has 2 aliphatic heterocycles. The molecule has 3 aliphatic rings. The number of fused-ring (bicyclic) bond motifs is 1. The zero-order valence-corrected chi connectivity index (χ0v) is 12.4. The zero-order chi connectivity index (χ0) is 14.8. The van der Waals surface area contributed by atoms with Crippen LogP contribution in [-0.4, -0.2) is 71.7 Å². The number of ether oxygens (including phenoxy) is 1. The van der Waals surface area contributed by atoms with Crippen LogP contribution in [0.1, 0.15) is 32.1 Å². The summed E-state index contributed by atoms with van der Waals surface area (Å²) >= 11 is 0. The van der Waals surface area contributed by atoms with Crippen LogP contribution in [0.4, 0.5) is 0 Å². The minimum Gasteiger partial charge on any atom is -0.480 e. The average Bonchev–Trinajstić information content (AvgIpc) is 2.87. The Morgan fingerprint density at radius 3 is 2.57 bits per heavy atom. The van der Waals surface area contributed by atoms with Gasteiger partial charge in [0.25, 0.3) is 0 Å². The molecule has 0 unspecified atom stereocenters. The Hall–Kier alpha value is -1.14. The molecule has 2 saturated heterocycles. The quantitative estimate of drug-likeness (QED) is 0.824. The van der Waals surface area contributed by atoms with Crippen molar-refractivity contribution in [3.8, 4) is 0 Å². The summed E-state index contributed by atoms with van der Waals surface area (Å²) in [6, 6.07) is -0.201. The highest BCUT2D eigenvalue weighted by Crippen LogP contribution is 2.39. The molecule has 0 aromatic heterocycles. The van der Waals surface area contributed by atoms with Crippen LogP contribution < -0.4 is 0 Å². The monoisotopic (exact) mass is 296 g/mol. The van der Waals surface area contributed by atoms with Crippen molar-refractivity contribution in [2.75, 3.05) is 32.8 Å². The maximum Gasteiger partial charge on any atom is 0.320 e. The van der Waals surface area contributed by atoms with Gasteiger partial charge in [0.15, 0.2) is 0 Å². The molecule has 0 bridgehead atoms. The van der Waals surface area contributed by atoms with Crippen LogP contribution in [0.25, 0.3) is 0 Å². The fraction of sp³-hybridized carbons (Fsp3) is 0.867. The van der Waals surface area contributed by atoms with Crippen molar-refractivity contribution in [2.24, 2.45) is 5.92 Å². The maximum atomic E-state index is 12.4. The van der Waals surface area contributed by atoms with Gasteiger partial charge in [-0.05, 0) is 25.2 Å². The van der Waals surface area contributed by atoms with Crippen molar-refractivity contribution < 1.29 is 19.4 Å². The summed E-state index contributed by atoms with van der Waals surface area (Å²) in [6.45, 7) is 2.66. The largest absolute Gasteiger partial charge is 0.480 e. The highest BCUT2D eigenvalue weighted by molar-refractivity contribution is 5.80. The van der Waals surface area contributed by atoms with E-state index in [1.165, 1.54) is 6.42 Å². The molecule has 0 aromatic rings. The number of amides is 1. The molecule has 1 saturated carbocycles. The summed E-state index contributed by atoms with van der Waals surface area (Å²) in [7, 11) is 0. The normalized spacial score (nSPS) is 33.7. The summed E-state index contributed by atoms with van der Waals surface area (Å²) in [5.41, 5.74) is 0. The first kappa shape index (κ1) is 14.8. The summed E-state index contributed by atoms with van der Waals surface area (Å²) in [5.74, 6) is -0.271. The molecule has 6 heteroatoms. The van der Waals surface area contributed by atoms with Crippen LogP contribution in [0.5, 0.6) is 0 Å². The number of rotatable bonds is 3. The molecule has 1 aliphatic carbocycles. The minimum atomic E-state index is -0.779. The number of carbonyl (C=O) groups excluding carboxylic acids is 1. The second kappa shape index (κ2) is 6.32. The smallest absolute Gasteiger partial charge is 0.320 e. The van der Waals surface area contributed by atoms with E-state index < -0.39 is 12.0 Å². The van der Waals surface area contributed by atoms with E-state index in [0.29, 0.717) is 38.6 Å². The fourth-order valence-corrected chi connectivity index (χ4v) is 4.09. The lowest BCUT2D eigenvalue weighted by Crippen LogP contribution is -2.50. The molecule has 3 fully saturated rings. The molecule has 118 valence electrons. The van der Waals surface area contributed by atoms with E-state index >= 15 is 0 Å². The Kier molecular flexibility index (Phi) is 4.45. The summed E-state index contributed by atoms with van der Waals surface area (Å²) in [4.78, 5) is 27.7. The fourth-order valence-electron chi connectivity index (χ4n) is 4.09. The van der Waals surface area contributed by atoms with Crippen LogP contribution >= 0.6 is 0 Å². The standard InChI is InChI=1S/C15H24N2O4/c18-14(16-5-7-21-8-6-16)10-17-12-4-2-1-3-11(12)9-13(17)15(19)20/h11-13H,1-10H2,(H,19,20)/t11-,12+,13-/m0/s1. The number of hydrogen-bond donors (Lipinski definition) is 1. The van der Waals surface area contributed by atoms with Crippen LogP contribution in [0.15, 0.2) is 0 Å². The number of hydrogen-bond acceptors (Lipinski definition) is 4. The van der Waals surface area contributed by atoms with Crippen LogP contribution in [0, 0.1) is 5.92 Å². The van der Waals surface area contributed by atoms with Crippen molar-refractivity contribution in [3.05, 3.63) is 0 Å². The van der Waals surface area contributed by atoms with Crippen molar-refractivity contribution >= 4 is 11.9 Å². The van der Waals surface area contributed by atoms with Gasteiger partial charge in [-0.1, -0.05) is 12.8 Å². The first-order valence-electron chi connectivity index (χ1n) is 8.01. The average molecular weight is 296 g/mol. The summed E-state index contributed by atoms with van der Waals surface area (Å²) in [6.07, 6.45) is 5.19. The first-order valence-corrected chi connectivity index (χ1v) is 8.01. The molecule has 3 rings (SSSR count). The highest BCUT2D eigenvalue weighted by Gasteiger charge is 2.46. The maximum absolute atomic E-state index is 12.4. The second-order valence-corrected chi connectivity index (χ2v) is 6.37. The molecule has 3 atom stereocenters. The Balaban J connectivity index is 1.68. The lowest BCUT2D eigenvalue weighted by Gasteiger charge is -2.34. The Morgan fingerprint density at radius 1 is 1.14 bits per heavy atom. The number of aliphatic carboxylic acids is 1. The lowest BCUT2D eigenvalue weighted by molar-refractivity contribution is -0.145. The first-order chi connectivity index (χ1) is 10.2. The van der Waals surface area contributed by atoms with E-state index in [2.05, 4.69) is 0 Å². The van der Waals surface area contributed by atoms with Crippen molar-refractivity contribution in [3.63, 3.8) is 0 Å². The van der Waals surface area contributed by atoms with Crippen molar-refractivity contribution in [1.82, 2.24) is 9.80 Å². The van der Waals surface area contributed by atoms with Gasteiger partial charge in [0.05, 0.1) is 19.8 Å². The summed E-state index contributed by atoms with van der Waals surface area (Å²) in [5, 5.41) is 9.47. The van der Waals surface area contributed by atoms with Crippen LogP contribution in [0.3, 0.4) is 0 Å². The molecule has 21 heavy (non-hydrogen) atoms. The van der Waals surface area contributed by atoms with Gasteiger partial charge in [0, 0.05) is 19.1 Å². The molecule has 0 aromatic carbocycles. The number of morpholine rings is 1. The molecule has 6 nitrogen and oxygen atoms in total. The molecule has 2 heterocycles. The predicted molar refractivity (Wildman–Crippen MR) is 75.9 cm³/mol. The predicted octanol–water partition coefficient (Wildman–Crippen LogP) is 0.563. The van der Waals surface area contributed by atoms with Crippen LogP contribution in [-0.2, 0) is 14.3 Å². The van der Waals surface area contributed by atoms with E-state index in [9.17, 15) is 14.7 Å². The molecular formula is C15H24N2O4. The molecule has 0 radical (unpaired) electrons. The van der Waals surface area contributed by atoms with E-state index in [0.717, 1.165) is 19.3 Å². The second-order valence-electron chi connectivity index (χ2n) is 6.37. The molecule has 0 spiro atoms. The Labute approximate surface area is 125 Å².